The largest absolute Gasteiger partial charge is 0.376 e. The number of aromatic nitrogens is 1. The summed E-state index contributed by atoms with van der Waals surface area (Å²) in [4.78, 5) is 20.2. The zero-order chi connectivity index (χ0) is 24.3. The first-order valence-corrected chi connectivity index (χ1v) is 13.9. The number of thiazole rings is 1. The zero-order valence-corrected chi connectivity index (χ0v) is 21.5. The molecule has 0 aliphatic carbocycles. The number of fused-ring (bicyclic) bond motifs is 1. The van der Waals surface area contributed by atoms with Crippen molar-refractivity contribution in [1.82, 2.24) is 9.29 Å². The molecule has 1 fully saturated rings. The number of benzene rings is 2. The second-order valence-corrected chi connectivity index (χ2v) is 11.8. The van der Waals surface area contributed by atoms with Crippen molar-refractivity contribution in [2.45, 2.75) is 50.5 Å². The van der Waals surface area contributed by atoms with Crippen LogP contribution in [0.25, 0.3) is 10.2 Å². The molecule has 1 aliphatic rings. The van der Waals surface area contributed by atoms with E-state index in [4.69, 9.17) is 9.72 Å². The number of unbranched alkanes of at least 4 members (excludes halogenated alkanes) is 1. The Morgan fingerprint density at radius 2 is 1.97 bits per heavy atom. The van der Waals surface area contributed by atoms with Gasteiger partial charge in [-0.15, -0.1) is 0 Å². The van der Waals surface area contributed by atoms with Crippen LogP contribution in [0.5, 0.6) is 0 Å². The van der Waals surface area contributed by atoms with Gasteiger partial charge in [0.25, 0.3) is 5.91 Å². The molecule has 1 amide bonds. The van der Waals surface area contributed by atoms with Gasteiger partial charge in [-0.3, -0.25) is 9.69 Å². The fraction of sp³-hybridized carbons (Fsp3) is 0.440. The molecule has 1 saturated heterocycles. The first-order chi connectivity index (χ1) is 16.3. The van der Waals surface area contributed by atoms with Crippen LogP contribution in [0.15, 0.2) is 47.4 Å². The number of sulfonamides is 1. The summed E-state index contributed by atoms with van der Waals surface area (Å²) in [5.41, 5.74) is 2.41. The molecule has 0 spiro atoms. The maximum absolute atomic E-state index is 13.6. The standard InChI is InChI=1S/C25H31N3O4S2/c1-4-5-14-27(3)34(30,31)21-11-9-19(10-12-21)24(29)28(17-20-7-6-15-32-20)25-26-22-13-8-18(2)16-23(22)33-25/h8-13,16,20H,4-7,14-15,17H2,1-3H3. The summed E-state index contributed by atoms with van der Waals surface area (Å²) in [5.74, 6) is -0.213. The quantitative estimate of drug-likeness (QED) is 0.419. The third-order valence-electron chi connectivity index (χ3n) is 6.05. The van der Waals surface area contributed by atoms with Gasteiger partial charge in [-0.25, -0.2) is 17.7 Å². The van der Waals surface area contributed by atoms with Gasteiger partial charge in [0, 0.05) is 25.8 Å². The van der Waals surface area contributed by atoms with E-state index in [1.807, 2.05) is 26.0 Å². The number of amides is 1. The Balaban J connectivity index is 1.61. The van der Waals surface area contributed by atoms with Gasteiger partial charge in [0.15, 0.2) is 5.13 Å². The van der Waals surface area contributed by atoms with Crippen molar-refractivity contribution in [3.05, 3.63) is 53.6 Å². The second-order valence-electron chi connectivity index (χ2n) is 8.72. The highest BCUT2D eigenvalue weighted by Gasteiger charge is 2.28. The van der Waals surface area contributed by atoms with Gasteiger partial charge in [-0.1, -0.05) is 30.7 Å². The third kappa shape index (κ3) is 5.33. The van der Waals surface area contributed by atoms with Gasteiger partial charge in [-0.05, 0) is 68.1 Å². The van der Waals surface area contributed by atoms with E-state index in [1.54, 1.807) is 24.1 Å². The first kappa shape index (κ1) is 24.8. The summed E-state index contributed by atoms with van der Waals surface area (Å²) in [7, 11) is -2.00. The molecule has 0 saturated carbocycles. The van der Waals surface area contributed by atoms with Gasteiger partial charge in [0.2, 0.25) is 10.0 Å². The Hall–Kier alpha value is -2.33. The average molecular weight is 502 g/mol. The SMILES string of the molecule is CCCCN(C)S(=O)(=O)c1ccc(C(=O)N(CC2CCCO2)c2nc3ccc(C)cc3s2)cc1. The van der Waals surface area contributed by atoms with Crippen molar-refractivity contribution in [3.8, 4) is 0 Å². The predicted octanol–water partition coefficient (Wildman–Crippen LogP) is 4.85. The van der Waals surface area contributed by atoms with E-state index in [-0.39, 0.29) is 16.9 Å². The minimum absolute atomic E-state index is 0.0374. The van der Waals surface area contributed by atoms with Gasteiger partial charge >= 0.3 is 0 Å². The van der Waals surface area contributed by atoms with Crippen LogP contribution in [-0.2, 0) is 14.8 Å². The summed E-state index contributed by atoms with van der Waals surface area (Å²) in [6.45, 7) is 5.63. The lowest BCUT2D eigenvalue weighted by molar-refractivity contribution is 0.0917. The van der Waals surface area contributed by atoms with Crippen LogP contribution >= 0.6 is 11.3 Å². The predicted molar refractivity (Wildman–Crippen MR) is 136 cm³/mol. The number of nitrogens with zero attached hydrogens (tertiary/aromatic N) is 3. The highest BCUT2D eigenvalue weighted by atomic mass is 32.2. The average Bonchev–Trinajstić information content (AvgIpc) is 3.49. The molecule has 1 aliphatic heterocycles. The molecular weight excluding hydrogens is 470 g/mol. The van der Waals surface area contributed by atoms with E-state index < -0.39 is 10.0 Å². The molecule has 3 aromatic rings. The number of aryl methyl sites for hydroxylation is 1. The van der Waals surface area contributed by atoms with Gasteiger partial charge < -0.3 is 4.74 Å². The van der Waals surface area contributed by atoms with E-state index in [9.17, 15) is 13.2 Å². The molecule has 9 heteroatoms. The van der Waals surface area contributed by atoms with Crippen molar-refractivity contribution < 1.29 is 17.9 Å². The Morgan fingerprint density at radius 3 is 2.65 bits per heavy atom. The van der Waals surface area contributed by atoms with Crippen molar-refractivity contribution >= 4 is 42.6 Å². The Kier molecular flexibility index (Phi) is 7.67. The van der Waals surface area contributed by atoms with Crippen LogP contribution < -0.4 is 4.90 Å². The van der Waals surface area contributed by atoms with Gasteiger partial charge in [-0.2, -0.15) is 0 Å². The van der Waals surface area contributed by atoms with E-state index in [1.165, 1.54) is 27.8 Å². The number of anilines is 1. The minimum atomic E-state index is -3.59. The summed E-state index contributed by atoms with van der Waals surface area (Å²) in [6.07, 6.45) is 3.55. The summed E-state index contributed by atoms with van der Waals surface area (Å²) < 4.78 is 33.9. The van der Waals surface area contributed by atoms with Crippen LogP contribution in [0.4, 0.5) is 5.13 Å². The molecule has 2 heterocycles. The molecule has 0 N–H and O–H groups in total. The second kappa shape index (κ2) is 10.5. The van der Waals surface area contributed by atoms with Crippen LogP contribution in [0.2, 0.25) is 0 Å². The fourth-order valence-electron chi connectivity index (χ4n) is 3.98. The summed E-state index contributed by atoms with van der Waals surface area (Å²) >= 11 is 1.48. The smallest absolute Gasteiger partial charge is 0.260 e. The maximum Gasteiger partial charge on any atom is 0.260 e. The Bertz CT molecular complexity index is 1250. The molecule has 0 radical (unpaired) electrons. The van der Waals surface area contributed by atoms with Crippen molar-refractivity contribution in [2.24, 2.45) is 0 Å². The van der Waals surface area contributed by atoms with Crippen molar-refractivity contribution in [1.29, 1.82) is 0 Å². The van der Waals surface area contributed by atoms with Crippen LogP contribution in [0, 0.1) is 6.92 Å². The molecule has 7 nitrogen and oxygen atoms in total. The highest BCUT2D eigenvalue weighted by molar-refractivity contribution is 7.89. The van der Waals surface area contributed by atoms with E-state index in [0.717, 1.165) is 41.5 Å². The Morgan fingerprint density at radius 1 is 1.21 bits per heavy atom. The zero-order valence-electron chi connectivity index (χ0n) is 19.9. The Labute approximate surface area is 205 Å². The number of hydrogen-bond donors (Lipinski definition) is 0. The van der Waals surface area contributed by atoms with Gasteiger partial charge in [0.05, 0.1) is 27.8 Å². The minimum Gasteiger partial charge on any atom is -0.376 e. The maximum atomic E-state index is 13.6. The molecular formula is C25H31N3O4S2. The van der Waals surface area contributed by atoms with Crippen LogP contribution in [-0.4, -0.2) is 56.5 Å². The van der Waals surface area contributed by atoms with Crippen molar-refractivity contribution in [3.63, 3.8) is 0 Å². The topological polar surface area (TPSA) is 79.8 Å². The fourth-order valence-corrected chi connectivity index (χ4v) is 6.26. The van der Waals surface area contributed by atoms with Crippen LogP contribution in [0.3, 0.4) is 0 Å². The molecule has 4 rings (SSSR count). The third-order valence-corrected chi connectivity index (χ3v) is 8.97. The molecule has 1 unspecified atom stereocenters. The normalized spacial score (nSPS) is 16.4. The van der Waals surface area contributed by atoms with E-state index in [2.05, 4.69) is 6.07 Å². The van der Waals surface area contributed by atoms with E-state index in [0.29, 0.717) is 30.4 Å². The molecule has 1 atom stereocenters. The number of hydrogen-bond acceptors (Lipinski definition) is 6. The summed E-state index contributed by atoms with van der Waals surface area (Å²) in [5, 5.41) is 0.622. The van der Waals surface area contributed by atoms with Crippen LogP contribution in [0.1, 0.15) is 48.5 Å². The lowest BCUT2D eigenvalue weighted by Crippen LogP contribution is -2.37. The molecule has 34 heavy (non-hydrogen) atoms. The highest BCUT2D eigenvalue weighted by Crippen LogP contribution is 2.31. The number of carbonyl (C=O) groups is 1. The lowest BCUT2D eigenvalue weighted by atomic mass is 10.2. The molecule has 0 bridgehead atoms. The number of carbonyl (C=O) groups excluding carboxylic acids is 1. The molecule has 182 valence electrons. The van der Waals surface area contributed by atoms with Gasteiger partial charge in [0.1, 0.15) is 0 Å². The summed E-state index contributed by atoms with van der Waals surface area (Å²) in [6, 6.07) is 12.2. The van der Waals surface area contributed by atoms with Crippen molar-refractivity contribution in [2.75, 3.05) is 31.6 Å². The molecule has 2 aromatic carbocycles. The van der Waals surface area contributed by atoms with E-state index >= 15 is 0 Å². The monoisotopic (exact) mass is 501 g/mol. The number of ether oxygens (including phenoxy) is 1. The first-order valence-electron chi connectivity index (χ1n) is 11.7. The lowest BCUT2D eigenvalue weighted by Gasteiger charge is -2.23. The number of rotatable bonds is 9. The molecule has 1 aromatic heterocycles.